The summed E-state index contributed by atoms with van der Waals surface area (Å²) in [5.41, 5.74) is -1.37. The molecule has 12 heteroatoms. The molecule has 0 bridgehead atoms. The van der Waals surface area contributed by atoms with Crippen LogP contribution in [0.15, 0.2) is 28.7 Å². The fourth-order valence-electron chi connectivity index (χ4n) is 9.51. The van der Waals surface area contributed by atoms with E-state index in [0.29, 0.717) is 18.4 Å². The monoisotopic (exact) mass is 674 g/mol. The number of nitrogens with two attached hydrogens (primary N) is 1. The second kappa shape index (κ2) is 11.1. The van der Waals surface area contributed by atoms with Gasteiger partial charge in [-0.05, 0) is 84.3 Å². The number of amides is 1. The number of carbonyl (C=O) groups excluding carboxylic acids is 3. The van der Waals surface area contributed by atoms with Gasteiger partial charge >= 0.3 is 6.18 Å². The topological polar surface area (TPSA) is 161 Å². The number of carbonyl (C=O) groups is 3. The van der Waals surface area contributed by atoms with E-state index >= 15 is 13.2 Å². The lowest BCUT2D eigenvalue weighted by molar-refractivity contribution is -0.144. The lowest BCUT2D eigenvalue weighted by Gasteiger charge is -2.47. The molecule has 6 atom stereocenters. The third-order valence-electron chi connectivity index (χ3n) is 13.2. The molecule has 0 aliphatic heterocycles. The summed E-state index contributed by atoms with van der Waals surface area (Å²) in [6.07, 6.45) is -2.35. The van der Waals surface area contributed by atoms with E-state index in [1.54, 1.807) is 0 Å². The van der Waals surface area contributed by atoms with Crippen LogP contribution in [0.1, 0.15) is 100 Å². The van der Waals surface area contributed by atoms with E-state index in [2.05, 4.69) is 39.5 Å². The zero-order chi connectivity index (χ0) is 35.5. The van der Waals surface area contributed by atoms with E-state index in [0.717, 1.165) is 31.7 Å². The third kappa shape index (κ3) is 4.83. The average Bonchev–Trinajstić information content (AvgIpc) is 3.77. The Morgan fingerprint density at radius 1 is 1.08 bits per heavy atom. The van der Waals surface area contributed by atoms with Gasteiger partial charge in [-0.15, -0.1) is 0 Å². The fraction of sp³-hybridized carbons (Fsp3) is 0.639. The van der Waals surface area contributed by atoms with Gasteiger partial charge in [0.2, 0.25) is 5.78 Å². The first-order chi connectivity index (χ1) is 22.2. The maximum atomic E-state index is 15.2. The Bertz CT molecular complexity index is 1680. The molecule has 9 nitrogen and oxygen atoms in total. The van der Waals surface area contributed by atoms with Crippen molar-refractivity contribution >= 4 is 17.5 Å². The summed E-state index contributed by atoms with van der Waals surface area (Å²) >= 11 is 0. The Kier molecular flexibility index (Phi) is 7.95. The van der Waals surface area contributed by atoms with Crippen LogP contribution in [0.5, 0.6) is 5.75 Å². The molecule has 0 radical (unpaired) electrons. The summed E-state index contributed by atoms with van der Waals surface area (Å²) in [5, 5.41) is 44.4. The Labute approximate surface area is 277 Å². The van der Waals surface area contributed by atoms with Crippen LogP contribution in [0.25, 0.3) is 0 Å². The number of rotatable bonds is 7. The normalized spacial score (nSPS) is 33.2. The third-order valence-corrected chi connectivity index (χ3v) is 13.2. The number of allylic oxidation sites excluding steroid dienone is 2. The minimum Gasteiger partial charge on any atom is -0.511 e. The summed E-state index contributed by atoms with van der Waals surface area (Å²) in [7, 11) is 0. The Morgan fingerprint density at radius 3 is 2.29 bits per heavy atom. The Hall–Kier alpha value is -3.38. The van der Waals surface area contributed by atoms with Crippen molar-refractivity contribution in [2.45, 2.75) is 104 Å². The zero-order valence-corrected chi connectivity index (χ0v) is 28.0. The van der Waals surface area contributed by atoms with Crippen molar-refractivity contribution < 1.29 is 48.0 Å². The van der Waals surface area contributed by atoms with Crippen LogP contribution < -0.4 is 5.73 Å². The van der Waals surface area contributed by atoms with Crippen molar-refractivity contribution in [3.63, 3.8) is 0 Å². The molecule has 1 aromatic carbocycles. The first kappa shape index (κ1) is 34.5. The minimum atomic E-state index is -4.90. The zero-order valence-electron chi connectivity index (χ0n) is 28.0. The number of aromatic hydroxyl groups is 1. The molecular weight excluding hydrogens is 629 g/mol. The van der Waals surface area contributed by atoms with Gasteiger partial charge in [0.15, 0.2) is 11.4 Å². The summed E-state index contributed by atoms with van der Waals surface area (Å²) < 4.78 is 45.6. The number of halogens is 3. The molecule has 6 rings (SSSR count). The lowest BCUT2D eigenvalue weighted by atomic mass is 9.60. The van der Waals surface area contributed by atoms with Crippen molar-refractivity contribution in [3.05, 3.63) is 51.0 Å². The lowest BCUT2D eigenvalue weighted by Crippen LogP contribution is -2.57. The number of ketones is 2. The van der Waals surface area contributed by atoms with Gasteiger partial charge in [-0.3, -0.25) is 19.3 Å². The van der Waals surface area contributed by atoms with Gasteiger partial charge in [0, 0.05) is 37.0 Å². The summed E-state index contributed by atoms with van der Waals surface area (Å²) in [6.45, 7) is 11.5. The van der Waals surface area contributed by atoms with Crippen LogP contribution >= 0.6 is 0 Å². The minimum absolute atomic E-state index is 0.00800. The molecule has 0 spiro atoms. The molecule has 3 unspecified atom stereocenters. The van der Waals surface area contributed by atoms with Crippen molar-refractivity contribution in [1.29, 1.82) is 0 Å². The molecule has 2 fully saturated rings. The predicted octanol–water partition coefficient (Wildman–Crippen LogP) is 5.66. The van der Waals surface area contributed by atoms with Crippen molar-refractivity contribution in [3.8, 4) is 5.75 Å². The van der Waals surface area contributed by atoms with E-state index in [4.69, 9.17) is 5.73 Å². The number of hydrogen-bond acceptors (Lipinski definition) is 8. The number of aliphatic hydroxyl groups excluding tert-OH is 2. The smallest absolute Gasteiger partial charge is 0.417 e. The molecule has 5 aliphatic rings. The van der Waals surface area contributed by atoms with Gasteiger partial charge in [-0.25, -0.2) is 0 Å². The van der Waals surface area contributed by atoms with Crippen LogP contribution in [0, 0.1) is 34.5 Å². The van der Waals surface area contributed by atoms with Crippen LogP contribution in [0.2, 0.25) is 0 Å². The van der Waals surface area contributed by atoms with Gasteiger partial charge in [0.05, 0.1) is 11.1 Å². The number of nitrogens with zero attached hydrogens (tertiary/aromatic N) is 1. The van der Waals surface area contributed by atoms with Gasteiger partial charge in [-0.2, -0.15) is 13.2 Å². The quantitative estimate of drug-likeness (QED) is 0.232. The first-order valence-corrected chi connectivity index (χ1v) is 16.9. The molecule has 5 aliphatic carbocycles. The summed E-state index contributed by atoms with van der Waals surface area (Å²) in [4.78, 5) is 41.2. The van der Waals surface area contributed by atoms with E-state index < -0.39 is 93.5 Å². The van der Waals surface area contributed by atoms with Crippen LogP contribution in [-0.2, 0) is 28.7 Å². The highest BCUT2D eigenvalue weighted by Crippen LogP contribution is 2.60. The Morgan fingerprint density at radius 2 is 1.73 bits per heavy atom. The number of hydrogen-bond donors (Lipinski definition) is 5. The Balaban J connectivity index is 1.46. The van der Waals surface area contributed by atoms with Gasteiger partial charge in [0.1, 0.15) is 22.8 Å². The largest absolute Gasteiger partial charge is 0.511 e. The molecule has 0 aromatic heterocycles. The van der Waals surface area contributed by atoms with Gasteiger partial charge in [0.25, 0.3) is 5.91 Å². The molecule has 0 saturated heterocycles. The van der Waals surface area contributed by atoms with Gasteiger partial charge in [-0.1, -0.05) is 34.6 Å². The molecule has 1 aromatic rings. The first-order valence-electron chi connectivity index (χ1n) is 16.9. The van der Waals surface area contributed by atoms with Crippen LogP contribution in [-0.4, -0.2) is 61.0 Å². The highest BCUT2D eigenvalue weighted by Gasteiger charge is 2.61. The number of phenols is 1. The second-order valence-electron chi connectivity index (χ2n) is 15.7. The van der Waals surface area contributed by atoms with Crippen molar-refractivity contribution in [2.75, 3.05) is 6.54 Å². The van der Waals surface area contributed by atoms with Gasteiger partial charge < -0.3 is 26.2 Å². The molecule has 6 N–H and O–H groups in total. The highest BCUT2D eigenvalue weighted by atomic mass is 19.4. The molecule has 1 amide bonds. The standard InChI is InChI=1S/C36H45F3N2O7/c1-6-34(5)24(9-16(2)33(34,3)4)41(14-17-7-8-17)15-19-12-22(42)26-21(28(19)36(37,38)39)11-18-10-20-13-23(43)27(32(40)47)31(46)35(20,48)30(45)25(18)29(26)44/h12,16-18,20,24,42-43,45,48H,6-11,13-15H2,1-5H3,(H2,40,47)/t16?,18?,20-,24-,34?,35-/m0/s1. The molecule has 0 heterocycles. The molecular formula is C36H45F3N2O7. The van der Waals surface area contributed by atoms with Crippen LogP contribution in [0.4, 0.5) is 13.2 Å². The van der Waals surface area contributed by atoms with E-state index in [1.807, 2.05) is 0 Å². The van der Waals surface area contributed by atoms with Crippen LogP contribution in [0.3, 0.4) is 0 Å². The van der Waals surface area contributed by atoms with Crippen molar-refractivity contribution in [2.24, 2.45) is 40.2 Å². The average molecular weight is 675 g/mol. The molecule has 48 heavy (non-hydrogen) atoms. The summed E-state index contributed by atoms with van der Waals surface area (Å²) in [6, 6.07) is 0.994. The molecule has 262 valence electrons. The number of primary amides is 1. The SMILES string of the molecule is CCC1(C)[C@@H](N(Cc2cc(O)c3c(c2C(F)(F)F)CC2C[C@H]4CC(O)=C(C(N)=O)C(=O)[C@@]4(O)C(O)=C2C3=O)CC2CC2)CC(C)C1(C)C. The van der Waals surface area contributed by atoms with E-state index in [1.165, 1.54) is 0 Å². The molecule has 2 saturated carbocycles. The number of fused-ring (bicyclic) bond motifs is 3. The summed E-state index contributed by atoms with van der Waals surface area (Å²) in [5.74, 6) is -7.93. The fourth-order valence-corrected chi connectivity index (χ4v) is 9.51. The maximum absolute atomic E-state index is 15.2. The number of benzene rings is 1. The van der Waals surface area contributed by atoms with E-state index in [9.17, 15) is 34.8 Å². The van der Waals surface area contributed by atoms with Crippen molar-refractivity contribution in [1.82, 2.24) is 4.90 Å². The number of alkyl halides is 3. The number of phenolic OH excluding ortho intramolecular Hbond substituents is 1. The highest BCUT2D eigenvalue weighted by molar-refractivity contribution is 6.24. The maximum Gasteiger partial charge on any atom is 0.417 e. The van der Waals surface area contributed by atoms with E-state index in [-0.39, 0.29) is 41.0 Å². The number of aliphatic hydroxyl groups is 3. The predicted molar refractivity (Wildman–Crippen MR) is 169 cm³/mol. The number of Topliss-reactive ketones (excluding diaryl/α,β-unsaturated/α-hetero) is 2. The second-order valence-corrected chi connectivity index (χ2v) is 15.7.